The molecule has 138 valence electrons. The number of amides is 1. The molecule has 0 aliphatic carbocycles. The lowest BCUT2D eigenvalue weighted by molar-refractivity contribution is 0.102. The minimum atomic E-state index is -0.229. The minimum absolute atomic E-state index is 0.229. The highest BCUT2D eigenvalue weighted by molar-refractivity contribution is 6.05. The number of hydrogen-bond acceptors (Lipinski definition) is 5. The van der Waals surface area contributed by atoms with Gasteiger partial charge in [-0.2, -0.15) is 0 Å². The first kappa shape index (κ1) is 18.3. The maximum Gasteiger partial charge on any atom is 0.255 e. The van der Waals surface area contributed by atoms with Gasteiger partial charge in [-0.3, -0.25) is 4.79 Å². The molecule has 0 saturated carbocycles. The molecule has 1 aromatic heterocycles. The average molecular weight is 362 g/mol. The number of carbonyl (C=O) groups is 1. The van der Waals surface area contributed by atoms with Crippen molar-refractivity contribution >= 4 is 28.8 Å². The molecule has 0 spiro atoms. The Labute approximate surface area is 158 Å². The molecule has 0 bridgehead atoms. The summed E-state index contributed by atoms with van der Waals surface area (Å²) in [4.78, 5) is 18.9. The number of nitrogens with zero attached hydrogens (tertiary/aromatic N) is 2. The monoisotopic (exact) mass is 362 g/mol. The Bertz CT molecular complexity index is 923. The molecule has 0 atom stereocenters. The molecule has 27 heavy (non-hydrogen) atoms. The van der Waals surface area contributed by atoms with E-state index in [1.54, 1.807) is 37.6 Å². The number of aromatic nitrogens is 1. The first-order chi connectivity index (χ1) is 13.1. The molecule has 0 aliphatic heterocycles. The summed E-state index contributed by atoms with van der Waals surface area (Å²) in [7, 11) is 5.56. The fourth-order valence-electron chi connectivity index (χ4n) is 2.57. The van der Waals surface area contributed by atoms with E-state index in [0.717, 1.165) is 11.4 Å². The maximum absolute atomic E-state index is 12.6. The number of ether oxygens (including phenoxy) is 1. The lowest BCUT2D eigenvalue weighted by atomic mass is 10.2. The molecule has 1 heterocycles. The van der Waals surface area contributed by atoms with Crippen molar-refractivity contribution in [1.82, 2.24) is 4.98 Å². The third-order valence-electron chi connectivity index (χ3n) is 4.03. The molecule has 2 aromatic carbocycles. The van der Waals surface area contributed by atoms with Crippen LogP contribution in [-0.4, -0.2) is 32.1 Å². The molecule has 1 amide bonds. The lowest BCUT2D eigenvalue weighted by Gasteiger charge is -2.13. The quantitative estimate of drug-likeness (QED) is 0.689. The normalized spacial score (nSPS) is 10.2. The van der Waals surface area contributed by atoms with E-state index in [-0.39, 0.29) is 5.91 Å². The second-order valence-corrected chi connectivity index (χ2v) is 6.15. The van der Waals surface area contributed by atoms with E-state index in [0.29, 0.717) is 22.8 Å². The first-order valence-electron chi connectivity index (χ1n) is 8.51. The highest BCUT2D eigenvalue weighted by atomic mass is 16.5. The Kier molecular flexibility index (Phi) is 5.56. The summed E-state index contributed by atoms with van der Waals surface area (Å²) in [6.07, 6.45) is 1.60. The lowest BCUT2D eigenvalue weighted by Crippen LogP contribution is -2.13. The van der Waals surface area contributed by atoms with E-state index in [1.807, 2.05) is 55.4 Å². The third kappa shape index (κ3) is 4.55. The van der Waals surface area contributed by atoms with Gasteiger partial charge in [0.05, 0.1) is 12.8 Å². The van der Waals surface area contributed by atoms with Crippen molar-refractivity contribution < 1.29 is 9.53 Å². The molecule has 2 N–H and O–H groups in total. The van der Waals surface area contributed by atoms with E-state index >= 15 is 0 Å². The van der Waals surface area contributed by atoms with Crippen molar-refractivity contribution in [1.29, 1.82) is 0 Å². The number of pyridine rings is 1. The van der Waals surface area contributed by atoms with Crippen molar-refractivity contribution in [2.45, 2.75) is 0 Å². The summed E-state index contributed by atoms with van der Waals surface area (Å²) in [6.45, 7) is 0. The second-order valence-electron chi connectivity index (χ2n) is 6.15. The smallest absolute Gasteiger partial charge is 0.255 e. The third-order valence-corrected chi connectivity index (χ3v) is 4.03. The van der Waals surface area contributed by atoms with Crippen molar-refractivity contribution in [3.8, 4) is 5.75 Å². The molecule has 0 saturated heterocycles. The number of hydrogen-bond donors (Lipinski definition) is 2. The van der Waals surface area contributed by atoms with Gasteiger partial charge < -0.3 is 20.3 Å². The fourth-order valence-corrected chi connectivity index (χ4v) is 2.57. The van der Waals surface area contributed by atoms with Crippen LogP contribution >= 0.6 is 0 Å². The minimum Gasteiger partial charge on any atom is -0.495 e. The Morgan fingerprint density at radius 1 is 1.04 bits per heavy atom. The van der Waals surface area contributed by atoms with Crippen LogP contribution in [-0.2, 0) is 0 Å². The molecular formula is C21H22N4O2. The predicted molar refractivity (Wildman–Crippen MR) is 109 cm³/mol. The van der Waals surface area contributed by atoms with Gasteiger partial charge in [0.2, 0.25) is 0 Å². The van der Waals surface area contributed by atoms with E-state index in [1.165, 1.54) is 0 Å². The summed E-state index contributed by atoms with van der Waals surface area (Å²) in [5, 5.41) is 6.08. The predicted octanol–water partition coefficient (Wildman–Crippen LogP) is 4.15. The van der Waals surface area contributed by atoms with Crippen molar-refractivity contribution in [3.63, 3.8) is 0 Å². The Morgan fingerprint density at radius 3 is 2.48 bits per heavy atom. The van der Waals surface area contributed by atoms with Gasteiger partial charge in [0.15, 0.2) is 0 Å². The van der Waals surface area contributed by atoms with Crippen LogP contribution < -0.4 is 20.3 Å². The fraction of sp³-hybridized carbons (Fsp3) is 0.143. The van der Waals surface area contributed by atoms with Crippen LogP contribution in [0.4, 0.5) is 22.9 Å². The molecule has 0 aliphatic rings. The number of benzene rings is 2. The zero-order valence-corrected chi connectivity index (χ0v) is 15.6. The summed E-state index contributed by atoms with van der Waals surface area (Å²) in [6, 6.07) is 18.6. The topological polar surface area (TPSA) is 66.5 Å². The Balaban J connectivity index is 1.73. The highest BCUT2D eigenvalue weighted by Gasteiger charge is 2.10. The van der Waals surface area contributed by atoms with E-state index < -0.39 is 0 Å². The number of para-hydroxylation sites is 2. The summed E-state index contributed by atoms with van der Waals surface area (Å²) in [5.74, 6) is 0.979. The molecule has 0 unspecified atom stereocenters. The second kappa shape index (κ2) is 8.23. The van der Waals surface area contributed by atoms with Crippen molar-refractivity contribution in [3.05, 3.63) is 72.4 Å². The largest absolute Gasteiger partial charge is 0.495 e. The van der Waals surface area contributed by atoms with E-state index in [2.05, 4.69) is 15.6 Å². The van der Waals surface area contributed by atoms with E-state index in [4.69, 9.17) is 4.74 Å². The first-order valence-corrected chi connectivity index (χ1v) is 8.51. The highest BCUT2D eigenvalue weighted by Crippen LogP contribution is 2.24. The van der Waals surface area contributed by atoms with Gasteiger partial charge in [0.1, 0.15) is 11.6 Å². The van der Waals surface area contributed by atoms with Crippen LogP contribution in [0.1, 0.15) is 10.4 Å². The van der Waals surface area contributed by atoms with Gasteiger partial charge in [-0.1, -0.05) is 12.1 Å². The van der Waals surface area contributed by atoms with Crippen LogP contribution in [0.5, 0.6) is 5.75 Å². The summed E-state index contributed by atoms with van der Waals surface area (Å²) in [5.41, 5.74) is 3.13. The van der Waals surface area contributed by atoms with Gasteiger partial charge in [0.25, 0.3) is 5.91 Å². The standard InChI is InChI=1S/C21H22N4O2/c1-25(2)17-10-8-16(9-11-17)23-20-14-15(12-13-22-20)21(26)24-18-6-4-5-7-19(18)27-3/h4-14H,1-3H3,(H,22,23)(H,24,26). The summed E-state index contributed by atoms with van der Waals surface area (Å²) < 4.78 is 5.27. The maximum atomic E-state index is 12.6. The van der Waals surface area contributed by atoms with Gasteiger partial charge >= 0.3 is 0 Å². The number of nitrogens with one attached hydrogen (secondary N) is 2. The number of rotatable bonds is 6. The zero-order chi connectivity index (χ0) is 19.2. The molecular weight excluding hydrogens is 340 g/mol. The van der Waals surface area contributed by atoms with Gasteiger partial charge in [-0.15, -0.1) is 0 Å². The SMILES string of the molecule is COc1ccccc1NC(=O)c1ccnc(Nc2ccc(N(C)C)cc2)c1. The van der Waals surface area contributed by atoms with Gasteiger partial charge in [-0.25, -0.2) is 4.98 Å². The van der Waals surface area contributed by atoms with Crippen LogP contribution in [0.15, 0.2) is 66.9 Å². The zero-order valence-electron chi connectivity index (χ0n) is 15.6. The number of methoxy groups -OCH3 is 1. The van der Waals surface area contributed by atoms with Crippen molar-refractivity contribution in [2.75, 3.05) is 36.7 Å². The van der Waals surface area contributed by atoms with Crippen LogP contribution in [0, 0.1) is 0 Å². The Hall–Kier alpha value is -3.54. The average Bonchev–Trinajstić information content (AvgIpc) is 2.69. The summed E-state index contributed by atoms with van der Waals surface area (Å²) >= 11 is 0. The van der Waals surface area contributed by atoms with Crippen LogP contribution in [0.3, 0.4) is 0 Å². The van der Waals surface area contributed by atoms with Gasteiger partial charge in [0, 0.05) is 37.2 Å². The molecule has 0 radical (unpaired) electrons. The number of anilines is 4. The molecule has 3 rings (SSSR count). The van der Waals surface area contributed by atoms with E-state index in [9.17, 15) is 4.79 Å². The van der Waals surface area contributed by atoms with Crippen molar-refractivity contribution in [2.24, 2.45) is 0 Å². The van der Waals surface area contributed by atoms with Crippen LogP contribution in [0.2, 0.25) is 0 Å². The molecule has 3 aromatic rings. The molecule has 6 nitrogen and oxygen atoms in total. The molecule has 0 fully saturated rings. The van der Waals surface area contributed by atoms with Crippen LogP contribution in [0.25, 0.3) is 0 Å². The Morgan fingerprint density at radius 2 is 1.78 bits per heavy atom. The van der Waals surface area contributed by atoms with Gasteiger partial charge in [-0.05, 0) is 48.5 Å². The number of carbonyl (C=O) groups excluding carboxylic acids is 1. The molecule has 6 heteroatoms.